The molecule has 1 fully saturated rings. The normalized spacial score (nSPS) is 25.1. The van der Waals surface area contributed by atoms with Crippen molar-refractivity contribution in [1.29, 1.82) is 0 Å². The van der Waals surface area contributed by atoms with Crippen LogP contribution in [-0.2, 0) is 4.74 Å². The van der Waals surface area contributed by atoms with Crippen molar-refractivity contribution in [2.75, 3.05) is 13.2 Å². The van der Waals surface area contributed by atoms with Crippen LogP contribution in [0.3, 0.4) is 0 Å². The Balaban J connectivity index is 2.17. The van der Waals surface area contributed by atoms with Crippen molar-refractivity contribution in [2.24, 2.45) is 0 Å². The van der Waals surface area contributed by atoms with Crippen LogP contribution in [-0.4, -0.2) is 24.4 Å². The minimum absolute atomic E-state index is 0.429. The van der Waals surface area contributed by atoms with Crippen molar-refractivity contribution in [3.05, 3.63) is 41.5 Å². The fraction of sp³-hybridized carbons (Fsp3) is 0.385. The number of aliphatic hydroxyl groups excluding tert-OH is 1. The van der Waals surface area contributed by atoms with Crippen LogP contribution in [0.1, 0.15) is 18.4 Å². The molecule has 80 valence electrons. The maximum Gasteiger partial charge on any atom is 0.0986 e. The maximum absolute atomic E-state index is 9.82. The fourth-order valence-electron chi connectivity index (χ4n) is 1.78. The molecule has 2 nitrogen and oxygen atoms in total. The third-order valence-electron chi connectivity index (χ3n) is 2.61. The Bertz CT molecular complexity index is 330. The SMILES string of the molecule is O[C@@H]1COCCC/C1=C\c1ccccc1. The van der Waals surface area contributed by atoms with Gasteiger partial charge in [0.25, 0.3) is 0 Å². The number of aliphatic hydroxyl groups is 1. The Morgan fingerprint density at radius 2 is 2.07 bits per heavy atom. The molecule has 0 spiro atoms. The minimum Gasteiger partial charge on any atom is -0.386 e. The van der Waals surface area contributed by atoms with E-state index in [-0.39, 0.29) is 0 Å². The second-order valence-electron chi connectivity index (χ2n) is 3.82. The lowest BCUT2D eigenvalue weighted by molar-refractivity contribution is 0.0671. The third-order valence-corrected chi connectivity index (χ3v) is 2.61. The van der Waals surface area contributed by atoms with Crippen LogP contribution < -0.4 is 0 Å². The quantitative estimate of drug-likeness (QED) is 0.760. The predicted octanol–water partition coefficient (Wildman–Crippen LogP) is 2.24. The number of rotatable bonds is 1. The average Bonchev–Trinajstić information content (AvgIpc) is 2.46. The van der Waals surface area contributed by atoms with E-state index in [2.05, 4.69) is 6.08 Å². The summed E-state index contributed by atoms with van der Waals surface area (Å²) in [5.74, 6) is 0. The van der Waals surface area contributed by atoms with Gasteiger partial charge in [0.2, 0.25) is 0 Å². The molecule has 1 atom stereocenters. The Hall–Kier alpha value is -1.12. The van der Waals surface area contributed by atoms with Crippen LogP contribution in [0.25, 0.3) is 6.08 Å². The molecule has 0 bridgehead atoms. The molecule has 1 aromatic rings. The molecule has 1 heterocycles. The zero-order chi connectivity index (χ0) is 10.5. The van der Waals surface area contributed by atoms with E-state index in [1.807, 2.05) is 30.3 Å². The number of benzene rings is 1. The first-order valence-corrected chi connectivity index (χ1v) is 5.37. The summed E-state index contributed by atoms with van der Waals surface area (Å²) in [6, 6.07) is 10.1. The summed E-state index contributed by atoms with van der Waals surface area (Å²) in [5.41, 5.74) is 2.23. The zero-order valence-corrected chi connectivity index (χ0v) is 8.73. The molecule has 0 radical (unpaired) electrons. The molecule has 1 aliphatic rings. The van der Waals surface area contributed by atoms with E-state index in [4.69, 9.17) is 4.74 Å². The Kier molecular flexibility index (Phi) is 3.54. The smallest absolute Gasteiger partial charge is 0.0986 e. The van der Waals surface area contributed by atoms with E-state index < -0.39 is 6.10 Å². The van der Waals surface area contributed by atoms with Crippen molar-refractivity contribution >= 4 is 6.08 Å². The molecular weight excluding hydrogens is 188 g/mol. The van der Waals surface area contributed by atoms with Gasteiger partial charge in [0.05, 0.1) is 12.7 Å². The summed E-state index contributed by atoms with van der Waals surface area (Å²) in [4.78, 5) is 0. The number of ether oxygens (including phenoxy) is 1. The second kappa shape index (κ2) is 5.10. The fourth-order valence-corrected chi connectivity index (χ4v) is 1.78. The molecule has 0 aliphatic carbocycles. The summed E-state index contributed by atoms with van der Waals surface area (Å²) in [6.07, 6.45) is 3.55. The van der Waals surface area contributed by atoms with Gasteiger partial charge in [-0.15, -0.1) is 0 Å². The highest BCUT2D eigenvalue weighted by molar-refractivity contribution is 5.53. The number of hydrogen-bond donors (Lipinski definition) is 1. The average molecular weight is 204 g/mol. The molecule has 2 rings (SSSR count). The molecule has 0 aromatic heterocycles. The monoisotopic (exact) mass is 204 g/mol. The Morgan fingerprint density at radius 1 is 1.27 bits per heavy atom. The van der Waals surface area contributed by atoms with E-state index in [0.29, 0.717) is 6.61 Å². The molecular formula is C13H16O2. The summed E-state index contributed by atoms with van der Waals surface area (Å²) >= 11 is 0. The van der Waals surface area contributed by atoms with Crippen LogP contribution in [0.2, 0.25) is 0 Å². The Labute approximate surface area is 90.2 Å². The van der Waals surface area contributed by atoms with Crippen molar-refractivity contribution < 1.29 is 9.84 Å². The first-order chi connectivity index (χ1) is 7.36. The van der Waals surface area contributed by atoms with Crippen molar-refractivity contribution in [3.63, 3.8) is 0 Å². The van der Waals surface area contributed by atoms with Gasteiger partial charge in [-0.1, -0.05) is 36.4 Å². The zero-order valence-electron chi connectivity index (χ0n) is 8.73. The summed E-state index contributed by atoms with van der Waals surface area (Å²) < 4.78 is 5.28. The molecule has 2 heteroatoms. The van der Waals surface area contributed by atoms with Crippen LogP contribution in [0.5, 0.6) is 0 Å². The molecule has 0 amide bonds. The van der Waals surface area contributed by atoms with Crippen LogP contribution in [0.15, 0.2) is 35.9 Å². The minimum atomic E-state index is -0.437. The Morgan fingerprint density at radius 3 is 2.87 bits per heavy atom. The van der Waals surface area contributed by atoms with Crippen molar-refractivity contribution in [3.8, 4) is 0 Å². The lowest BCUT2D eigenvalue weighted by atomic mass is 10.0. The van der Waals surface area contributed by atoms with Crippen LogP contribution in [0, 0.1) is 0 Å². The summed E-state index contributed by atoms with van der Waals surface area (Å²) in [5, 5.41) is 9.82. The topological polar surface area (TPSA) is 29.5 Å². The standard InChI is InChI=1S/C13H16O2/c14-13-10-15-8-4-7-12(13)9-11-5-2-1-3-6-11/h1-3,5-6,9,13-14H,4,7-8,10H2/b12-9+/t13-/m1/s1. The van der Waals surface area contributed by atoms with Gasteiger partial charge in [-0.2, -0.15) is 0 Å². The third kappa shape index (κ3) is 2.91. The number of hydrogen-bond acceptors (Lipinski definition) is 2. The first kappa shape index (κ1) is 10.4. The largest absolute Gasteiger partial charge is 0.386 e. The van der Waals surface area contributed by atoms with Crippen LogP contribution >= 0.6 is 0 Å². The first-order valence-electron chi connectivity index (χ1n) is 5.37. The van der Waals surface area contributed by atoms with Gasteiger partial charge in [0, 0.05) is 6.61 Å². The van der Waals surface area contributed by atoms with Gasteiger partial charge in [-0.25, -0.2) is 0 Å². The molecule has 15 heavy (non-hydrogen) atoms. The highest BCUT2D eigenvalue weighted by Gasteiger charge is 2.14. The molecule has 0 saturated carbocycles. The van der Waals surface area contributed by atoms with E-state index >= 15 is 0 Å². The van der Waals surface area contributed by atoms with E-state index in [9.17, 15) is 5.11 Å². The highest BCUT2D eigenvalue weighted by atomic mass is 16.5. The predicted molar refractivity (Wildman–Crippen MR) is 60.5 cm³/mol. The molecule has 1 saturated heterocycles. The molecule has 1 aromatic carbocycles. The van der Waals surface area contributed by atoms with Crippen molar-refractivity contribution in [1.82, 2.24) is 0 Å². The second-order valence-corrected chi connectivity index (χ2v) is 3.82. The van der Waals surface area contributed by atoms with Gasteiger partial charge < -0.3 is 9.84 Å². The van der Waals surface area contributed by atoms with E-state index in [0.717, 1.165) is 30.6 Å². The molecule has 1 aliphatic heterocycles. The highest BCUT2D eigenvalue weighted by Crippen LogP contribution is 2.18. The van der Waals surface area contributed by atoms with Gasteiger partial charge in [0.1, 0.15) is 0 Å². The maximum atomic E-state index is 9.82. The van der Waals surface area contributed by atoms with E-state index in [1.165, 1.54) is 0 Å². The van der Waals surface area contributed by atoms with Gasteiger partial charge in [-0.3, -0.25) is 0 Å². The van der Waals surface area contributed by atoms with E-state index in [1.54, 1.807) is 0 Å². The summed E-state index contributed by atoms with van der Waals surface area (Å²) in [7, 11) is 0. The van der Waals surface area contributed by atoms with Gasteiger partial charge in [-0.05, 0) is 24.0 Å². The summed E-state index contributed by atoms with van der Waals surface area (Å²) in [6.45, 7) is 1.18. The van der Waals surface area contributed by atoms with Crippen molar-refractivity contribution in [2.45, 2.75) is 18.9 Å². The van der Waals surface area contributed by atoms with Crippen LogP contribution in [0.4, 0.5) is 0 Å². The lowest BCUT2D eigenvalue weighted by Crippen LogP contribution is -2.14. The van der Waals surface area contributed by atoms with Gasteiger partial charge >= 0.3 is 0 Å². The molecule has 1 N–H and O–H groups in total. The lowest BCUT2D eigenvalue weighted by Gasteiger charge is -2.10. The molecule has 0 unspecified atom stereocenters. The van der Waals surface area contributed by atoms with Gasteiger partial charge in [0.15, 0.2) is 0 Å².